The Kier molecular flexibility index (Phi) is 7.16. The molecular formula is C41H41N2O+. The minimum absolute atomic E-state index is 0.0232. The first-order valence-electron chi connectivity index (χ1n) is 16.5. The van der Waals surface area contributed by atoms with Crippen molar-refractivity contribution < 1.29 is 9.22 Å². The maximum Gasteiger partial charge on any atom is 0.135 e. The van der Waals surface area contributed by atoms with Gasteiger partial charge in [-0.15, -0.1) is 0 Å². The fraction of sp³-hybridized carbons (Fsp3) is 0.293. The van der Waals surface area contributed by atoms with Crippen molar-refractivity contribution >= 4 is 32.4 Å². The molecule has 3 aliphatic rings. The van der Waals surface area contributed by atoms with Crippen molar-refractivity contribution in [1.29, 1.82) is 0 Å². The van der Waals surface area contributed by atoms with Gasteiger partial charge in [0.25, 0.3) is 0 Å². The molecule has 0 aliphatic carbocycles. The standard InChI is InChI=1S/C41H41N2O/c1-2-30-26-43(27-38-34-16-8-6-14-32(34)24-33-15-7-9-17-35(33)38)23-21-31(30)25-40(43)41(44-28-29-12-4-3-5-13-29)37-20-22-42-39-19-11-10-18-36(37)39/h3-20,22,24,30-31,40-41H,2,21,23,25-28H2,1H3/q+1/t30-,31-,40-,41+,43-/m0/s1. The van der Waals surface area contributed by atoms with Crippen LogP contribution in [0.25, 0.3) is 32.4 Å². The van der Waals surface area contributed by atoms with Gasteiger partial charge >= 0.3 is 0 Å². The second kappa shape index (κ2) is 11.5. The van der Waals surface area contributed by atoms with Gasteiger partial charge in [0.15, 0.2) is 0 Å². The average Bonchev–Trinajstić information content (AvgIpc) is 3.09. The molecule has 3 saturated heterocycles. The van der Waals surface area contributed by atoms with Crippen molar-refractivity contribution in [3.8, 4) is 0 Å². The van der Waals surface area contributed by atoms with E-state index in [0.29, 0.717) is 12.6 Å². The molecule has 1 aromatic heterocycles. The van der Waals surface area contributed by atoms with E-state index in [9.17, 15) is 0 Å². The van der Waals surface area contributed by atoms with Crippen LogP contribution >= 0.6 is 0 Å². The number of nitrogens with zero attached hydrogens (tertiary/aromatic N) is 2. The van der Waals surface area contributed by atoms with E-state index in [-0.39, 0.29) is 6.10 Å². The van der Waals surface area contributed by atoms with Crippen LogP contribution in [-0.4, -0.2) is 28.6 Å². The molecule has 44 heavy (non-hydrogen) atoms. The van der Waals surface area contributed by atoms with E-state index in [1.54, 1.807) is 0 Å². The Morgan fingerprint density at radius 2 is 1.48 bits per heavy atom. The zero-order valence-corrected chi connectivity index (χ0v) is 25.6. The quantitative estimate of drug-likeness (QED) is 0.133. The van der Waals surface area contributed by atoms with Crippen LogP contribution in [0.3, 0.4) is 0 Å². The Morgan fingerprint density at radius 1 is 0.795 bits per heavy atom. The average molecular weight is 578 g/mol. The summed E-state index contributed by atoms with van der Waals surface area (Å²) >= 11 is 0. The number of benzene rings is 5. The van der Waals surface area contributed by atoms with Gasteiger partial charge in [-0.3, -0.25) is 4.98 Å². The van der Waals surface area contributed by atoms with E-state index < -0.39 is 0 Å². The molecule has 2 bridgehead atoms. The van der Waals surface area contributed by atoms with Crippen LogP contribution in [0.2, 0.25) is 0 Å². The van der Waals surface area contributed by atoms with Gasteiger partial charge in [-0.2, -0.15) is 0 Å². The molecule has 6 aromatic rings. The van der Waals surface area contributed by atoms with Crippen LogP contribution in [0.1, 0.15) is 49.0 Å². The first kappa shape index (κ1) is 27.5. The van der Waals surface area contributed by atoms with E-state index in [2.05, 4.69) is 122 Å². The Bertz CT molecular complexity index is 1880. The van der Waals surface area contributed by atoms with Gasteiger partial charge in [0.2, 0.25) is 0 Å². The lowest BCUT2D eigenvalue weighted by Crippen LogP contribution is -2.67. The summed E-state index contributed by atoms with van der Waals surface area (Å²) < 4.78 is 8.26. The van der Waals surface area contributed by atoms with Crippen molar-refractivity contribution in [3.63, 3.8) is 0 Å². The van der Waals surface area contributed by atoms with Crippen LogP contribution < -0.4 is 0 Å². The highest BCUT2D eigenvalue weighted by Gasteiger charge is 2.55. The SMILES string of the molecule is CC[C@H]1C[N@+]2(Cc3c4ccccc4cc4ccccc34)CC[C@H]1C[C@H]2[C@H](OCc1ccccc1)c1ccnc2ccccc12. The van der Waals surface area contributed by atoms with E-state index >= 15 is 0 Å². The number of fused-ring (bicyclic) bond motifs is 6. The minimum atomic E-state index is -0.0232. The number of piperidine rings is 3. The summed E-state index contributed by atoms with van der Waals surface area (Å²) in [6.07, 6.45) is 5.73. The predicted octanol–water partition coefficient (Wildman–Crippen LogP) is 9.63. The number of ether oxygens (including phenoxy) is 1. The van der Waals surface area contributed by atoms with Gasteiger partial charge < -0.3 is 9.22 Å². The number of quaternary nitrogens is 1. The predicted molar refractivity (Wildman–Crippen MR) is 181 cm³/mol. The first-order valence-corrected chi connectivity index (χ1v) is 16.5. The fourth-order valence-electron chi connectivity index (χ4n) is 8.77. The third-order valence-electron chi connectivity index (χ3n) is 10.9. The third kappa shape index (κ3) is 4.80. The van der Waals surface area contributed by atoms with Gasteiger partial charge in [0.1, 0.15) is 18.7 Å². The number of hydrogen-bond donors (Lipinski definition) is 0. The molecule has 220 valence electrons. The van der Waals surface area contributed by atoms with Crippen LogP contribution in [-0.2, 0) is 17.9 Å². The van der Waals surface area contributed by atoms with Crippen molar-refractivity contribution in [2.24, 2.45) is 11.8 Å². The molecule has 3 heteroatoms. The van der Waals surface area contributed by atoms with Crippen molar-refractivity contribution in [3.05, 3.63) is 138 Å². The lowest BCUT2D eigenvalue weighted by atomic mass is 9.70. The summed E-state index contributed by atoms with van der Waals surface area (Å²) in [6.45, 7) is 6.47. The van der Waals surface area contributed by atoms with E-state index in [1.165, 1.54) is 76.0 Å². The molecular weight excluding hydrogens is 536 g/mol. The van der Waals surface area contributed by atoms with Crippen LogP contribution in [0, 0.1) is 11.8 Å². The Balaban J connectivity index is 1.29. The topological polar surface area (TPSA) is 22.1 Å². The smallest absolute Gasteiger partial charge is 0.135 e. The Morgan fingerprint density at radius 3 is 2.23 bits per heavy atom. The van der Waals surface area contributed by atoms with Gasteiger partial charge in [-0.25, -0.2) is 0 Å². The Hall–Kier alpha value is -4.05. The minimum Gasteiger partial charge on any atom is -0.363 e. The van der Waals surface area contributed by atoms with Gasteiger partial charge in [-0.1, -0.05) is 104 Å². The lowest BCUT2D eigenvalue weighted by molar-refractivity contribution is -0.985. The highest BCUT2D eigenvalue weighted by atomic mass is 16.5. The molecule has 3 aliphatic heterocycles. The maximum absolute atomic E-state index is 7.18. The molecule has 0 radical (unpaired) electrons. The second-order valence-corrected chi connectivity index (χ2v) is 13.2. The molecule has 4 heterocycles. The number of rotatable bonds is 8. The van der Waals surface area contributed by atoms with Crippen molar-refractivity contribution in [2.45, 2.75) is 51.5 Å². The molecule has 5 atom stereocenters. The number of pyridine rings is 1. The van der Waals surface area contributed by atoms with Crippen LogP contribution in [0.15, 0.2) is 121 Å². The molecule has 0 saturated carbocycles. The molecule has 5 aromatic carbocycles. The molecule has 0 unspecified atom stereocenters. The van der Waals surface area contributed by atoms with E-state index in [4.69, 9.17) is 9.72 Å². The molecule has 3 fully saturated rings. The van der Waals surface area contributed by atoms with Gasteiger partial charge in [0, 0.05) is 35.9 Å². The normalized spacial score (nSPS) is 23.8. The summed E-state index contributed by atoms with van der Waals surface area (Å²) in [4.78, 5) is 4.75. The van der Waals surface area contributed by atoms with E-state index in [0.717, 1.165) is 28.4 Å². The zero-order valence-electron chi connectivity index (χ0n) is 25.6. The van der Waals surface area contributed by atoms with Crippen molar-refractivity contribution in [1.82, 2.24) is 4.98 Å². The number of hydrogen-bond acceptors (Lipinski definition) is 2. The summed E-state index contributed by atoms with van der Waals surface area (Å²) in [5.74, 6) is 1.51. The maximum atomic E-state index is 7.18. The highest BCUT2D eigenvalue weighted by Crippen LogP contribution is 2.50. The largest absolute Gasteiger partial charge is 0.363 e. The van der Waals surface area contributed by atoms with Gasteiger partial charge in [0.05, 0.1) is 25.2 Å². The van der Waals surface area contributed by atoms with E-state index in [1.807, 2.05) is 6.20 Å². The van der Waals surface area contributed by atoms with Crippen molar-refractivity contribution in [2.75, 3.05) is 13.1 Å². The fourth-order valence-corrected chi connectivity index (χ4v) is 8.77. The molecule has 0 N–H and O–H groups in total. The lowest BCUT2D eigenvalue weighted by Gasteiger charge is -2.59. The second-order valence-electron chi connectivity index (χ2n) is 13.2. The summed E-state index contributed by atoms with van der Waals surface area (Å²) in [6, 6.07) is 42.3. The monoisotopic (exact) mass is 577 g/mol. The van der Waals surface area contributed by atoms with Crippen LogP contribution in [0.4, 0.5) is 0 Å². The summed E-state index contributed by atoms with van der Waals surface area (Å²) in [5, 5.41) is 6.69. The first-order chi connectivity index (χ1) is 21.7. The number of para-hydroxylation sites is 1. The molecule has 0 spiro atoms. The number of aromatic nitrogens is 1. The summed E-state index contributed by atoms with van der Waals surface area (Å²) in [5.41, 5.74) is 5.06. The Labute approximate surface area is 260 Å². The van der Waals surface area contributed by atoms with Gasteiger partial charge in [-0.05, 0) is 63.2 Å². The highest BCUT2D eigenvalue weighted by molar-refractivity contribution is 6.02. The molecule has 9 rings (SSSR count). The summed E-state index contributed by atoms with van der Waals surface area (Å²) in [7, 11) is 0. The van der Waals surface area contributed by atoms with Crippen LogP contribution in [0.5, 0.6) is 0 Å². The molecule has 0 amide bonds. The third-order valence-corrected chi connectivity index (χ3v) is 10.9. The molecule has 3 nitrogen and oxygen atoms in total. The zero-order chi connectivity index (χ0) is 29.5.